The van der Waals surface area contributed by atoms with E-state index >= 15 is 0 Å². The average molecular weight is 582 g/mol. The number of rotatable bonds is 10. The summed E-state index contributed by atoms with van der Waals surface area (Å²) in [5.41, 5.74) is 1.61. The summed E-state index contributed by atoms with van der Waals surface area (Å²) in [5, 5.41) is 2.35. The molecule has 7 heteroatoms. The Kier molecular flexibility index (Phi) is 9.62. The van der Waals surface area contributed by atoms with Crippen molar-refractivity contribution in [3.63, 3.8) is 0 Å². The summed E-state index contributed by atoms with van der Waals surface area (Å²) in [7, 11) is 0. The number of ether oxygens (including phenoxy) is 4. The van der Waals surface area contributed by atoms with E-state index < -0.39 is 5.60 Å². The minimum atomic E-state index is -0.569. The van der Waals surface area contributed by atoms with Gasteiger partial charge in [-0.25, -0.2) is 4.79 Å². The molecule has 4 aromatic rings. The lowest BCUT2D eigenvalue weighted by molar-refractivity contribution is -0.123. The molecule has 5 rings (SSSR count). The molecule has 1 aliphatic heterocycles. The molecule has 1 saturated heterocycles. The predicted molar refractivity (Wildman–Crippen MR) is 167 cm³/mol. The molecule has 0 N–H and O–H groups in total. The van der Waals surface area contributed by atoms with Crippen LogP contribution in [0.3, 0.4) is 0 Å². The van der Waals surface area contributed by atoms with Crippen LogP contribution in [-0.4, -0.2) is 54.8 Å². The van der Waals surface area contributed by atoms with E-state index in [0.29, 0.717) is 31.2 Å². The third-order valence-corrected chi connectivity index (χ3v) is 7.34. The van der Waals surface area contributed by atoms with Gasteiger partial charge in [-0.15, -0.1) is 0 Å². The van der Waals surface area contributed by atoms with Gasteiger partial charge in [-0.1, -0.05) is 66.7 Å². The number of para-hydroxylation sites is 1. The third-order valence-electron chi connectivity index (χ3n) is 7.34. The van der Waals surface area contributed by atoms with Crippen molar-refractivity contribution in [3.8, 4) is 11.5 Å². The van der Waals surface area contributed by atoms with Crippen LogP contribution in [0.25, 0.3) is 10.8 Å². The Hall–Kier alpha value is -4.36. The van der Waals surface area contributed by atoms with Crippen molar-refractivity contribution in [1.82, 2.24) is 4.90 Å². The Bertz CT molecular complexity index is 1510. The summed E-state index contributed by atoms with van der Waals surface area (Å²) >= 11 is 0. The zero-order chi connectivity index (χ0) is 30.2. The molecule has 0 aliphatic carbocycles. The van der Waals surface area contributed by atoms with E-state index in [0.717, 1.165) is 17.5 Å². The number of hydrogen-bond donors (Lipinski definition) is 0. The highest BCUT2D eigenvalue weighted by atomic mass is 16.6. The summed E-state index contributed by atoms with van der Waals surface area (Å²) in [4.78, 5) is 26.9. The summed E-state index contributed by atoms with van der Waals surface area (Å²) in [6.45, 7) is 6.94. The Morgan fingerprint density at radius 2 is 1.44 bits per heavy atom. The molecule has 2 unspecified atom stereocenters. The fraction of sp³-hybridized carbons (Fsp3) is 0.333. The second kappa shape index (κ2) is 13.7. The van der Waals surface area contributed by atoms with Crippen LogP contribution in [-0.2, 0) is 20.9 Å². The number of likely N-dealkylation sites (tertiary alicyclic amines) is 1. The molecular formula is C36H39NO6. The zero-order valence-electron chi connectivity index (χ0n) is 25.0. The smallest absolute Gasteiger partial charge is 0.410 e. The van der Waals surface area contributed by atoms with Crippen molar-refractivity contribution < 1.29 is 28.5 Å². The third kappa shape index (κ3) is 8.58. The van der Waals surface area contributed by atoms with Crippen LogP contribution in [0.2, 0.25) is 0 Å². The Labute approximate surface area is 253 Å². The maximum atomic E-state index is 12.9. The quantitative estimate of drug-likeness (QED) is 0.198. The molecule has 224 valence electrons. The van der Waals surface area contributed by atoms with Crippen LogP contribution in [0, 0.1) is 0 Å². The van der Waals surface area contributed by atoms with Crippen LogP contribution in [0.1, 0.15) is 44.2 Å². The summed E-state index contributed by atoms with van der Waals surface area (Å²) in [6.07, 6.45) is 0.183. The lowest BCUT2D eigenvalue weighted by atomic mass is 9.87. The number of Topliss-reactive ketones (excluding diaryl/α,β-unsaturated/α-hetero) is 1. The predicted octanol–water partition coefficient (Wildman–Crippen LogP) is 7.18. The van der Waals surface area contributed by atoms with Gasteiger partial charge in [-0.3, -0.25) is 4.79 Å². The molecule has 1 aliphatic rings. The fourth-order valence-corrected chi connectivity index (χ4v) is 5.19. The molecule has 4 aromatic carbocycles. The normalized spacial score (nSPS) is 17.0. The van der Waals surface area contributed by atoms with Gasteiger partial charge in [0.25, 0.3) is 0 Å². The molecule has 2 atom stereocenters. The van der Waals surface area contributed by atoms with Crippen LogP contribution in [0.4, 0.5) is 4.79 Å². The van der Waals surface area contributed by atoms with Gasteiger partial charge in [-0.2, -0.15) is 0 Å². The summed E-state index contributed by atoms with van der Waals surface area (Å²) in [5.74, 6) is 1.19. The summed E-state index contributed by atoms with van der Waals surface area (Å²) in [6, 6.07) is 31.6. The number of piperidine rings is 1. The van der Waals surface area contributed by atoms with Crippen molar-refractivity contribution in [2.24, 2.45) is 0 Å². The van der Waals surface area contributed by atoms with Crippen LogP contribution < -0.4 is 9.47 Å². The second-order valence-electron chi connectivity index (χ2n) is 11.9. The van der Waals surface area contributed by atoms with E-state index in [-0.39, 0.29) is 37.1 Å². The maximum absolute atomic E-state index is 12.9. The largest absolute Gasteiger partial charge is 0.486 e. The van der Waals surface area contributed by atoms with Crippen LogP contribution in [0.15, 0.2) is 97.1 Å². The molecule has 1 heterocycles. The molecule has 0 spiro atoms. The number of amides is 1. The first-order valence-corrected chi connectivity index (χ1v) is 14.7. The highest BCUT2D eigenvalue weighted by Gasteiger charge is 2.35. The molecular weight excluding hydrogens is 542 g/mol. The van der Waals surface area contributed by atoms with Gasteiger partial charge < -0.3 is 23.8 Å². The number of nitrogens with zero attached hydrogens (tertiary/aromatic N) is 1. The highest BCUT2D eigenvalue weighted by molar-refractivity contribution is 5.83. The van der Waals surface area contributed by atoms with Crippen molar-refractivity contribution >= 4 is 22.6 Å². The SMILES string of the molecule is CC(C)(C)OC(=O)N1CCC(c2ccc(OCC(=O)COc3ccccc3)cc2)C(OCc2ccc3ccccc3c2)C1. The minimum absolute atomic E-state index is 0.0471. The van der Waals surface area contributed by atoms with Crippen LogP contribution >= 0.6 is 0 Å². The van der Waals surface area contributed by atoms with E-state index in [1.165, 1.54) is 10.8 Å². The van der Waals surface area contributed by atoms with Crippen molar-refractivity contribution in [3.05, 3.63) is 108 Å². The molecule has 1 fully saturated rings. The molecule has 43 heavy (non-hydrogen) atoms. The second-order valence-corrected chi connectivity index (χ2v) is 11.9. The van der Waals surface area contributed by atoms with Gasteiger partial charge in [0.15, 0.2) is 0 Å². The Morgan fingerprint density at radius 1 is 0.791 bits per heavy atom. The van der Waals surface area contributed by atoms with E-state index in [1.54, 1.807) is 4.90 Å². The van der Waals surface area contributed by atoms with Gasteiger partial charge in [0, 0.05) is 12.5 Å². The lowest BCUT2D eigenvalue weighted by Gasteiger charge is -2.39. The summed E-state index contributed by atoms with van der Waals surface area (Å²) < 4.78 is 23.4. The first kappa shape index (κ1) is 30.1. The zero-order valence-corrected chi connectivity index (χ0v) is 25.0. The molecule has 1 amide bonds. The molecule has 0 radical (unpaired) electrons. The Morgan fingerprint density at radius 3 is 2.14 bits per heavy atom. The lowest BCUT2D eigenvalue weighted by Crippen LogP contribution is -2.48. The number of fused-ring (bicyclic) bond motifs is 1. The van der Waals surface area contributed by atoms with E-state index in [9.17, 15) is 9.59 Å². The molecule has 0 aromatic heterocycles. The number of benzene rings is 4. The highest BCUT2D eigenvalue weighted by Crippen LogP contribution is 2.33. The minimum Gasteiger partial charge on any atom is -0.486 e. The van der Waals surface area contributed by atoms with E-state index in [4.69, 9.17) is 18.9 Å². The van der Waals surface area contributed by atoms with Gasteiger partial charge in [0.1, 0.15) is 30.3 Å². The van der Waals surface area contributed by atoms with E-state index in [1.807, 2.05) is 87.5 Å². The number of hydrogen-bond acceptors (Lipinski definition) is 6. The fourth-order valence-electron chi connectivity index (χ4n) is 5.19. The standard InChI is InChI=1S/C36H39NO6/c1-36(2,3)43-35(39)37-20-19-33(34(22-37)42-23-26-13-14-27-9-7-8-10-29(27)21-26)28-15-17-32(18-16-28)41-25-30(38)24-40-31-11-5-4-6-12-31/h4-18,21,33-34H,19-20,22-25H2,1-3H3. The van der Waals surface area contributed by atoms with Gasteiger partial charge in [0.05, 0.1) is 19.3 Å². The van der Waals surface area contributed by atoms with Gasteiger partial charge >= 0.3 is 6.09 Å². The topological polar surface area (TPSA) is 74.3 Å². The van der Waals surface area contributed by atoms with Crippen molar-refractivity contribution in [1.29, 1.82) is 0 Å². The molecule has 0 saturated carbocycles. The van der Waals surface area contributed by atoms with Crippen molar-refractivity contribution in [2.45, 2.75) is 51.4 Å². The van der Waals surface area contributed by atoms with Crippen molar-refractivity contribution in [2.75, 3.05) is 26.3 Å². The Balaban J connectivity index is 1.23. The molecule has 7 nitrogen and oxygen atoms in total. The first-order chi connectivity index (χ1) is 20.7. The molecule has 0 bridgehead atoms. The van der Waals surface area contributed by atoms with Gasteiger partial charge in [-0.05, 0) is 79.4 Å². The first-order valence-electron chi connectivity index (χ1n) is 14.7. The average Bonchev–Trinajstić information content (AvgIpc) is 3.01. The van der Waals surface area contributed by atoms with Gasteiger partial charge in [0.2, 0.25) is 5.78 Å². The van der Waals surface area contributed by atoms with Crippen LogP contribution in [0.5, 0.6) is 11.5 Å². The maximum Gasteiger partial charge on any atom is 0.410 e. The monoisotopic (exact) mass is 581 g/mol. The number of carbonyl (C=O) groups excluding carboxylic acids is 2. The van der Waals surface area contributed by atoms with E-state index in [2.05, 4.69) is 30.3 Å². The number of ketones is 1. The number of carbonyl (C=O) groups is 2.